The molecule has 0 saturated carbocycles. The molecule has 3 rings (SSSR count). The van der Waals surface area contributed by atoms with Gasteiger partial charge < -0.3 is 14.3 Å². The first-order valence-corrected chi connectivity index (χ1v) is 9.07. The number of furan rings is 1. The molecule has 0 atom stereocenters. The van der Waals surface area contributed by atoms with Crippen molar-refractivity contribution in [2.75, 3.05) is 6.61 Å². The normalized spacial score (nSPS) is 10.8. The van der Waals surface area contributed by atoms with Crippen LogP contribution in [0.3, 0.4) is 0 Å². The topological polar surface area (TPSA) is 101 Å². The van der Waals surface area contributed by atoms with Crippen molar-refractivity contribution in [3.8, 4) is 17.1 Å². The Hall–Kier alpha value is -3.87. The minimum absolute atomic E-state index is 0.144. The molecule has 0 unspecified atom stereocenters. The molecule has 2 aromatic carbocycles. The van der Waals surface area contributed by atoms with Gasteiger partial charge in [0.2, 0.25) is 0 Å². The van der Waals surface area contributed by atoms with Crippen LogP contribution in [-0.4, -0.2) is 29.8 Å². The van der Waals surface area contributed by atoms with Gasteiger partial charge >= 0.3 is 5.97 Å². The SMILES string of the molecule is CCCOc1ccc(C(=O)N/N=C/c2ccc(-c3ccccc3C(=O)O)o2)cc1. The molecule has 3 aromatic rings. The lowest BCUT2D eigenvalue weighted by Crippen LogP contribution is -2.17. The summed E-state index contributed by atoms with van der Waals surface area (Å²) in [7, 11) is 0. The van der Waals surface area contributed by atoms with E-state index in [2.05, 4.69) is 10.5 Å². The van der Waals surface area contributed by atoms with Gasteiger partial charge in [0.1, 0.15) is 17.3 Å². The van der Waals surface area contributed by atoms with E-state index in [9.17, 15) is 14.7 Å². The molecular weight excluding hydrogens is 372 g/mol. The van der Waals surface area contributed by atoms with Gasteiger partial charge in [-0.15, -0.1) is 0 Å². The summed E-state index contributed by atoms with van der Waals surface area (Å²) in [6, 6.07) is 16.6. The molecule has 0 aliphatic carbocycles. The van der Waals surface area contributed by atoms with Crippen molar-refractivity contribution < 1.29 is 23.8 Å². The van der Waals surface area contributed by atoms with Crippen LogP contribution in [0.1, 0.15) is 39.8 Å². The summed E-state index contributed by atoms with van der Waals surface area (Å²) in [5.41, 5.74) is 3.48. The fourth-order valence-electron chi connectivity index (χ4n) is 2.59. The van der Waals surface area contributed by atoms with E-state index in [1.807, 2.05) is 6.92 Å². The minimum atomic E-state index is -1.04. The standard InChI is InChI=1S/C22H20N2O5/c1-2-13-28-16-9-7-15(8-10-16)21(25)24-23-14-17-11-12-20(29-17)18-5-3-4-6-19(18)22(26)27/h3-12,14H,2,13H2,1H3,(H,24,25)(H,26,27)/b23-14+. The molecule has 7 heteroatoms. The first-order chi connectivity index (χ1) is 14.1. The van der Waals surface area contributed by atoms with Crippen molar-refractivity contribution in [3.05, 3.63) is 77.6 Å². The lowest BCUT2D eigenvalue weighted by molar-refractivity contribution is 0.0697. The van der Waals surface area contributed by atoms with Crippen molar-refractivity contribution in [2.45, 2.75) is 13.3 Å². The number of hydrazone groups is 1. The molecule has 148 valence electrons. The van der Waals surface area contributed by atoms with Gasteiger partial charge in [-0.05, 0) is 48.9 Å². The molecular formula is C22H20N2O5. The number of hydrogen-bond acceptors (Lipinski definition) is 5. The van der Waals surface area contributed by atoms with E-state index >= 15 is 0 Å². The zero-order chi connectivity index (χ0) is 20.6. The number of amides is 1. The van der Waals surface area contributed by atoms with Gasteiger partial charge in [-0.3, -0.25) is 4.79 Å². The summed E-state index contributed by atoms with van der Waals surface area (Å²) in [4.78, 5) is 23.5. The average molecular weight is 392 g/mol. The monoisotopic (exact) mass is 392 g/mol. The predicted octanol–water partition coefficient (Wildman–Crippen LogP) is 4.20. The third-order valence-corrected chi connectivity index (χ3v) is 4.00. The zero-order valence-corrected chi connectivity index (χ0v) is 15.8. The third-order valence-electron chi connectivity index (χ3n) is 4.00. The maximum absolute atomic E-state index is 12.1. The molecule has 1 aromatic heterocycles. The number of ether oxygens (including phenoxy) is 1. The highest BCUT2D eigenvalue weighted by Gasteiger charge is 2.13. The van der Waals surface area contributed by atoms with Crippen LogP contribution in [0.4, 0.5) is 0 Å². The van der Waals surface area contributed by atoms with Gasteiger partial charge in [0.25, 0.3) is 5.91 Å². The van der Waals surface area contributed by atoms with E-state index in [4.69, 9.17) is 9.15 Å². The van der Waals surface area contributed by atoms with E-state index in [1.54, 1.807) is 54.6 Å². The Bertz CT molecular complexity index is 1020. The summed E-state index contributed by atoms with van der Waals surface area (Å²) in [6.07, 6.45) is 2.26. The quantitative estimate of drug-likeness (QED) is 0.442. The summed E-state index contributed by atoms with van der Waals surface area (Å²) in [5, 5.41) is 13.2. The van der Waals surface area contributed by atoms with Gasteiger partial charge in [-0.25, -0.2) is 10.2 Å². The highest BCUT2D eigenvalue weighted by Crippen LogP contribution is 2.25. The second kappa shape index (κ2) is 9.36. The molecule has 0 spiro atoms. The Labute approximate surface area is 167 Å². The molecule has 0 aliphatic heterocycles. The van der Waals surface area contributed by atoms with Gasteiger partial charge in [0, 0.05) is 11.1 Å². The predicted molar refractivity (Wildman–Crippen MR) is 108 cm³/mol. The number of carbonyl (C=O) groups excluding carboxylic acids is 1. The molecule has 1 amide bonds. The van der Waals surface area contributed by atoms with Crippen LogP contribution in [0.25, 0.3) is 11.3 Å². The van der Waals surface area contributed by atoms with Crippen LogP contribution >= 0.6 is 0 Å². The van der Waals surface area contributed by atoms with E-state index in [0.29, 0.717) is 35.0 Å². The Kier molecular flexibility index (Phi) is 6.42. The van der Waals surface area contributed by atoms with Crippen LogP contribution in [0, 0.1) is 0 Å². The number of benzene rings is 2. The fourth-order valence-corrected chi connectivity index (χ4v) is 2.59. The second-order valence-corrected chi connectivity index (χ2v) is 6.12. The van der Waals surface area contributed by atoms with E-state index in [1.165, 1.54) is 12.3 Å². The number of carboxylic acids is 1. The number of carbonyl (C=O) groups is 2. The molecule has 0 bridgehead atoms. The Morgan fingerprint density at radius 3 is 2.59 bits per heavy atom. The summed E-state index contributed by atoms with van der Waals surface area (Å²) >= 11 is 0. The van der Waals surface area contributed by atoms with Crippen molar-refractivity contribution in [2.24, 2.45) is 5.10 Å². The molecule has 2 N–H and O–H groups in total. The van der Waals surface area contributed by atoms with Crippen molar-refractivity contribution in [1.82, 2.24) is 5.43 Å². The minimum Gasteiger partial charge on any atom is -0.494 e. The van der Waals surface area contributed by atoms with Crippen LogP contribution in [0.5, 0.6) is 5.75 Å². The number of rotatable bonds is 8. The largest absolute Gasteiger partial charge is 0.494 e. The highest BCUT2D eigenvalue weighted by atomic mass is 16.5. The van der Waals surface area contributed by atoms with Gasteiger partial charge in [0.05, 0.1) is 18.4 Å². The van der Waals surface area contributed by atoms with Crippen LogP contribution in [0.15, 0.2) is 70.2 Å². The number of nitrogens with one attached hydrogen (secondary N) is 1. The zero-order valence-electron chi connectivity index (χ0n) is 15.8. The molecule has 7 nitrogen and oxygen atoms in total. The lowest BCUT2D eigenvalue weighted by atomic mass is 10.1. The van der Waals surface area contributed by atoms with Crippen LogP contribution in [0.2, 0.25) is 0 Å². The van der Waals surface area contributed by atoms with E-state index in [-0.39, 0.29) is 11.5 Å². The number of carboxylic acid groups (broad SMARTS) is 1. The van der Waals surface area contributed by atoms with E-state index in [0.717, 1.165) is 6.42 Å². The van der Waals surface area contributed by atoms with Crippen LogP contribution < -0.4 is 10.2 Å². The van der Waals surface area contributed by atoms with Gasteiger partial charge in [-0.2, -0.15) is 5.10 Å². The number of aromatic carboxylic acids is 1. The highest BCUT2D eigenvalue weighted by molar-refractivity contribution is 5.96. The Morgan fingerprint density at radius 1 is 1.10 bits per heavy atom. The Balaban J connectivity index is 1.63. The molecule has 0 aliphatic rings. The molecule has 1 heterocycles. The van der Waals surface area contributed by atoms with Crippen LogP contribution in [-0.2, 0) is 0 Å². The first kappa shape index (κ1) is 19.9. The smallest absolute Gasteiger partial charge is 0.336 e. The third kappa shape index (κ3) is 5.10. The Morgan fingerprint density at radius 2 is 1.86 bits per heavy atom. The maximum atomic E-state index is 12.1. The molecule has 0 fully saturated rings. The average Bonchev–Trinajstić information content (AvgIpc) is 3.21. The van der Waals surface area contributed by atoms with Gasteiger partial charge in [-0.1, -0.05) is 25.1 Å². The molecule has 0 saturated heterocycles. The van der Waals surface area contributed by atoms with Crippen molar-refractivity contribution >= 4 is 18.1 Å². The van der Waals surface area contributed by atoms with Gasteiger partial charge in [0.15, 0.2) is 0 Å². The van der Waals surface area contributed by atoms with Crippen molar-refractivity contribution in [1.29, 1.82) is 0 Å². The molecule has 0 radical (unpaired) electrons. The summed E-state index contributed by atoms with van der Waals surface area (Å²) < 4.78 is 11.1. The van der Waals surface area contributed by atoms with Crippen molar-refractivity contribution in [3.63, 3.8) is 0 Å². The summed E-state index contributed by atoms with van der Waals surface area (Å²) in [6.45, 7) is 2.64. The first-order valence-electron chi connectivity index (χ1n) is 9.07. The molecule has 29 heavy (non-hydrogen) atoms. The fraction of sp³-hybridized carbons (Fsp3) is 0.136. The summed E-state index contributed by atoms with van der Waals surface area (Å²) in [5.74, 6) is 0.0794. The lowest BCUT2D eigenvalue weighted by Gasteiger charge is -2.05. The maximum Gasteiger partial charge on any atom is 0.336 e. The number of nitrogens with zero attached hydrogens (tertiary/aromatic N) is 1. The van der Waals surface area contributed by atoms with E-state index < -0.39 is 5.97 Å². The second-order valence-electron chi connectivity index (χ2n) is 6.12. The number of hydrogen-bond donors (Lipinski definition) is 2.